The minimum absolute atomic E-state index is 0.0813. The minimum Gasteiger partial charge on any atom is -0.511 e. The number of benzene rings is 1. The fraction of sp³-hybridized carbons (Fsp3) is 0.636. The van der Waals surface area contributed by atoms with Crippen LogP contribution in [0, 0.1) is 11.2 Å². The molecule has 1 unspecified atom stereocenters. The summed E-state index contributed by atoms with van der Waals surface area (Å²) in [4.78, 5) is 0. The monoisotopic (exact) mass is 345 g/mol. The number of hydrogen-bond acceptors (Lipinski definition) is 2. The molecule has 1 aromatic carbocycles. The lowest BCUT2D eigenvalue weighted by Crippen LogP contribution is -2.26. The highest BCUT2D eigenvalue weighted by atomic mass is 19.1. The number of rotatable bonds is 8. The summed E-state index contributed by atoms with van der Waals surface area (Å²) in [7, 11) is 0. The van der Waals surface area contributed by atoms with Crippen LogP contribution in [-0.4, -0.2) is 11.7 Å². The molecule has 1 spiro atoms. The summed E-state index contributed by atoms with van der Waals surface area (Å²) in [6.45, 7) is 6.73. The molecule has 138 valence electrons. The van der Waals surface area contributed by atoms with E-state index in [1.54, 1.807) is 12.1 Å². The predicted octanol–water partition coefficient (Wildman–Crippen LogP) is 6.16. The van der Waals surface area contributed by atoms with Gasteiger partial charge in [-0.05, 0) is 86.1 Å². The summed E-state index contributed by atoms with van der Waals surface area (Å²) in [5.74, 6) is 0.314. The van der Waals surface area contributed by atoms with E-state index in [0.29, 0.717) is 11.3 Å². The predicted molar refractivity (Wildman–Crippen MR) is 101 cm³/mol. The van der Waals surface area contributed by atoms with E-state index in [-0.39, 0.29) is 17.6 Å². The van der Waals surface area contributed by atoms with Gasteiger partial charge in [-0.2, -0.15) is 0 Å². The summed E-state index contributed by atoms with van der Waals surface area (Å²) >= 11 is 0. The first-order chi connectivity index (χ1) is 12.0. The Balaban J connectivity index is 1.77. The molecule has 2 aliphatic carbocycles. The summed E-state index contributed by atoms with van der Waals surface area (Å²) in [5, 5.41) is 13.5. The second kappa shape index (κ2) is 7.90. The standard InChI is InChI=1S/C22H32FNO/c1-3-4-5-14-24-21(16(2)25)20-15-18(23)6-7-19(20)17-8-10-22(11-9-17)12-13-22/h6-7,15,17,21,24-25H,2-5,8-14H2,1H3. The molecule has 1 aromatic rings. The molecule has 2 nitrogen and oxygen atoms in total. The number of halogens is 1. The van der Waals surface area contributed by atoms with Crippen LogP contribution >= 0.6 is 0 Å². The summed E-state index contributed by atoms with van der Waals surface area (Å²) in [6.07, 6.45) is 11.1. The van der Waals surface area contributed by atoms with Gasteiger partial charge >= 0.3 is 0 Å². The van der Waals surface area contributed by atoms with E-state index in [9.17, 15) is 9.50 Å². The Labute approximate surface area is 151 Å². The Bertz CT molecular complexity index is 598. The van der Waals surface area contributed by atoms with Crippen molar-refractivity contribution >= 4 is 0 Å². The van der Waals surface area contributed by atoms with Crippen molar-refractivity contribution in [2.24, 2.45) is 5.41 Å². The molecule has 0 radical (unpaired) electrons. The quantitative estimate of drug-likeness (QED) is 0.437. The molecule has 0 saturated heterocycles. The van der Waals surface area contributed by atoms with Gasteiger partial charge in [0.2, 0.25) is 0 Å². The second-order valence-electron chi connectivity index (χ2n) is 8.13. The van der Waals surface area contributed by atoms with Gasteiger partial charge in [0.1, 0.15) is 11.6 Å². The molecular formula is C22H32FNO. The zero-order valence-electron chi connectivity index (χ0n) is 15.5. The van der Waals surface area contributed by atoms with Gasteiger partial charge < -0.3 is 10.4 Å². The van der Waals surface area contributed by atoms with Gasteiger partial charge in [-0.3, -0.25) is 0 Å². The van der Waals surface area contributed by atoms with Crippen molar-refractivity contribution in [3.05, 3.63) is 47.5 Å². The maximum Gasteiger partial charge on any atom is 0.123 e. The van der Waals surface area contributed by atoms with Gasteiger partial charge in [0.25, 0.3) is 0 Å². The van der Waals surface area contributed by atoms with E-state index in [1.165, 1.54) is 44.1 Å². The van der Waals surface area contributed by atoms with Crippen LogP contribution in [0.2, 0.25) is 0 Å². The highest BCUT2D eigenvalue weighted by molar-refractivity contribution is 5.37. The summed E-state index contributed by atoms with van der Waals surface area (Å²) in [5.41, 5.74) is 2.72. The number of unbranched alkanes of at least 4 members (excludes halogenated alkanes) is 2. The molecule has 25 heavy (non-hydrogen) atoms. The van der Waals surface area contributed by atoms with Crippen molar-refractivity contribution in [1.82, 2.24) is 5.32 Å². The zero-order valence-corrected chi connectivity index (χ0v) is 15.5. The minimum atomic E-state index is -0.376. The van der Waals surface area contributed by atoms with Crippen molar-refractivity contribution in [2.75, 3.05) is 6.54 Å². The number of aliphatic hydroxyl groups is 1. The van der Waals surface area contributed by atoms with Crippen molar-refractivity contribution in [1.29, 1.82) is 0 Å². The van der Waals surface area contributed by atoms with Gasteiger partial charge in [0.15, 0.2) is 0 Å². The van der Waals surface area contributed by atoms with E-state index in [2.05, 4.69) is 18.8 Å². The first-order valence-electron chi connectivity index (χ1n) is 9.95. The number of aliphatic hydroxyl groups excluding tert-OH is 1. The lowest BCUT2D eigenvalue weighted by Gasteiger charge is -2.31. The molecule has 0 aliphatic heterocycles. The number of hydrogen-bond donors (Lipinski definition) is 2. The van der Waals surface area contributed by atoms with E-state index < -0.39 is 0 Å². The first kappa shape index (κ1) is 18.4. The van der Waals surface area contributed by atoms with Crippen LogP contribution in [0.15, 0.2) is 30.5 Å². The third-order valence-electron chi connectivity index (χ3n) is 6.27. The Kier molecular flexibility index (Phi) is 5.83. The molecule has 3 heteroatoms. The Morgan fingerprint density at radius 3 is 2.60 bits per heavy atom. The maximum absolute atomic E-state index is 14.0. The molecule has 0 bridgehead atoms. The van der Waals surface area contributed by atoms with E-state index >= 15 is 0 Å². The van der Waals surface area contributed by atoms with Crippen LogP contribution in [0.1, 0.15) is 87.8 Å². The second-order valence-corrected chi connectivity index (χ2v) is 8.13. The molecule has 2 fully saturated rings. The molecule has 2 saturated carbocycles. The fourth-order valence-corrected chi connectivity index (χ4v) is 4.41. The van der Waals surface area contributed by atoms with E-state index in [4.69, 9.17) is 0 Å². The smallest absolute Gasteiger partial charge is 0.123 e. The SMILES string of the molecule is C=C(O)C(NCCCCC)c1cc(F)ccc1C1CCC2(CC1)CC2. The van der Waals surface area contributed by atoms with Crippen LogP contribution in [-0.2, 0) is 0 Å². The summed E-state index contributed by atoms with van der Waals surface area (Å²) < 4.78 is 14.0. The molecule has 0 amide bonds. The van der Waals surface area contributed by atoms with E-state index in [1.807, 2.05) is 6.07 Å². The first-order valence-corrected chi connectivity index (χ1v) is 9.95. The Morgan fingerprint density at radius 2 is 2.00 bits per heavy atom. The zero-order chi connectivity index (χ0) is 17.9. The largest absolute Gasteiger partial charge is 0.511 e. The summed E-state index contributed by atoms with van der Waals surface area (Å²) in [6, 6.07) is 4.72. The third-order valence-corrected chi connectivity index (χ3v) is 6.27. The van der Waals surface area contributed by atoms with Crippen LogP contribution < -0.4 is 5.32 Å². The van der Waals surface area contributed by atoms with Crippen molar-refractivity contribution < 1.29 is 9.50 Å². The highest BCUT2D eigenvalue weighted by Gasteiger charge is 2.45. The molecule has 3 rings (SSSR count). The van der Waals surface area contributed by atoms with Crippen molar-refractivity contribution in [3.8, 4) is 0 Å². The Morgan fingerprint density at radius 1 is 1.28 bits per heavy atom. The van der Waals surface area contributed by atoms with Crippen LogP contribution in [0.4, 0.5) is 4.39 Å². The van der Waals surface area contributed by atoms with Crippen LogP contribution in [0.5, 0.6) is 0 Å². The van der Waals surface area contributed by atoms with Crippen molar-refractivity contribution in [2.45, 2.75) is 76.7 Å². The van der Waals surface area contributed by atoms with E-state index in [0.717, 1.165) is 31.4 Å². The van der Waals surface area contributed by atoms with Gasteiger partial charge in [-0.25, -0.2) is 4.39 Å². The third kappa shape index (κ3) is 4.44. The molecule has 0 aromatic heterocycles. The molecule has 1 atom stereocenters. The highest BCUT2D eigenvalue weighted by Crippen LogP contribution is 2.58. The molecule has 2 aliphatic rings. The van der Waals surface area contributed by atoms with Crippen LogP contribution in [0.25, 0.3) is 0 Å². The van der Waals surface area contributed by atoms with Gasteiger partial charge in [-0.1, -0.05) is 32.4 Å². The fourth-order valence-electron chi connectivity index (χ4n) is 4.41. The average molecular weight is 346 g/mol. The normalized spacial score (nSPS) is 20.6. The van der Waals surface area contributed by atoms with Gasteiger partial charge in [0.05, 0.1) is 6.04 Å². The van der Waals surface area contributed by atoms with Crippen LogP contribution in [0.3, 0.4) is 0 Å². The Hall–Kier alpha value is -1.35. The topological polar surface area (TPSA) is 32.3 Å². The lowest BCUT2D eigenvalue weighted by molar-refractivity contribution is 0.301. The molecule has 2 N–H and O–H groups in total. The average Bonchev–Trinajstić information content (AvgIpc) is 3.35. The van der Waals surface area contributed by atoms with Gasteiger partial charge in [-0.15, -0.1) is 0 Å². The molecular weight excluding hydrogens is 313 g/mol. The maximum atomic E-state index is 14.0. The number of nitrogens with one attached hydrogen (secondary N) is 1. The molecule has 0 heterocycles. The van der Waals surface area contributed by atoms with Crippen molar-refractivity contribution in [3.63, 3.8) is 0 Å². The lowest BCUT2D eigenvalue weighted by atomic mass is 9.75. The van der Waals surface area contributed by atoms with Gasteiger partial charge in [0, 0.05) is 0 Å².